The van der Waals surface area contributed by atoms with Gasteiger partial charge in [-0.2, -0.15) is 0 Å². The third-order valence-corrected chi connectivity index (χ3v) is 2.15. The second-order valence-corrected chi connectivity index (χ2v) is 3.00. The quantitative estimate of drug-likeness (QED) is 0.749. The Balaban J connectivity index is 3.05. The molecule has 0 aliphatic carbocycles. The smallest absolute Gasteiger partial charge is 0.165 e. The van der Waals surface area contributed by atoms with Crippen molar-refractivity contribution in [1.29, 1.82) is 0 Å². The van der Waals surface area contributed by atoms with Gasteiger partial charge in [-0.1, -0.05) is 15.9 Å². The van der Waals surface area contributed by atoms with E-state index >= 15 is 0 Å². The van der Waals surface area contributed by atoms with Gasteiger partial charge >= 0.3 is 0 Å². The maximum Gasteiger partial charge on any atom is 0.165 e. The molecule has 0 aliphatic rings. The zero-order valence-corrected chi connectivity index (χ0v) is 8.70. The van der Waals surface area contributed by atoms with Crippen molar-refractivity contribution in [1.82, 2.24) is 0 Å². The van der Waals surface area contributed by atoms with Gasteiger partial charge in [-0.3, -0.25) is 0 Å². The fourth-order valence-electron chi connectivity index (χ4n) is 0.938. The molecule has 0 radical (unpaired) electrons. The lowest BCUT2D eigenvalue weighted by atomic mass is 10.2. The zero-order chi connectivity index (χ0) is 9.84. The van der Waals surface area contributed by atoms with Crippen molar-refractivity contribution in [2.24, 2.45) is 0 Å². The number of alkyl halides is 1. The SMILES string of the molecule is CCOc1cc(F)c(CBr)cc1F. The first-order valence-electron chi connectivity index (χ1n) is 3.85. The van der Waals surface area contributed by atoms with Gasteiger partial charge in [0.1, 0.15) is 5.82 Å². The van der Waals surface area contributed by atoms with Crippen molar-refractivity contribution < 1.29 is 13.5 Å². The normalized spacial score (nSPS) is 10.2. The largest absolute Gasteiger partial charge is 0.491 e. The van der Waals surface area contributed by atoms with E-state index in [9.17, 15) is 8.78 Å². The summed E-state index contributed by atoms with van der Waals surface area (Å²) in [5, 5.41) is 0.294. The number of rotatable bonds is 3. The van der Waals surface area contributed by atoms with Crippen LogP contribution in [0.4, 0.5) is 8.78 Å². The number of hydrogen-bond acceptors (Lipinski definition) is 1. The Morgan fingerprint density at radius 1 is 1.31 bits per heavy atom. The molecule has 0 bridgehead atoms. The number of ether oxygens (including phenoxy) is 1. The topological polar surface area (TPSA) is 9.23 Å². The summed E-state index contributed by atoms with van der Waals surface area (Å²) < 4.78 is 31.1. The highest BCUT2D eigenvalue weighted by Crippen LogP contribution is 2.22. The maximum atomic E-state index is 13.1. The van der Waals surface area contributed by atoms with Crippen LogP contribution in [0, 0.1) is 11.6 Å². The highest BCUT2D eigenvalue weighted by molar-refractivity contribution is 9.08. The molecule has 0 aliphatic heterocycles. The highest BCUT2D eigenvalue weighted by Gasteiger charge is 2.09. The van der Waals surface area contributed by atoms with E-state index in [4.69, 9.17) is 4.74 Å². The molecule has 1 aromatic carbocycles. The molecule has 0 unspecified atom stereocenters. The number of halogens is 3. The molecule has 0 atom stereocenters. The summed E-state index contributed by atoms with van der Waals surface area (Å²) in [6.07, 6.45) is 0. The summed E-state index contributed by atoms with van der Waals surface area (Å²) in [5.74, 6) is -1.02. The molecule has 0 heterocycles. The predicted molar refractivity (Wildman–Crippen MR) is 50.2 cm³/mol. The van der Waals surface area contributed by atoms with Crippen molar-refractivity contribution in [2.45, 2.75) is 12.3 Å². The van der Waals surface area contributed by atoms with Gasteiger partial charge in [0.2, 0.25) is 0 Å². The van der Waals surface area contributed by atoms with E-state index in [1.54, 1.807) is 6.92 Å². The summed E-state index contributed by atoms with van der Waals surface area (Å²) >= 11 is 3.06. The van der Waals surface area contributed by atoms with Crippen molar-refractivity contribution in [3.8, 4) is 5.75 Å². The van der Waals surface area contributed by atoms with Gasteiger partial charge in [0.05, 0.1) is 6.61 Å². The summed E-state index contributed by atoms with van der Waals surface area (Å²) in [7, 11) is 0. The Morgan fingerprint density at radius 3 is 2.54 bits per heavy atom. The number of benzene rings is 1. The molecule has 0 N–H and O–H groups in total. The van der Waals surface area contributed by atoms with Crippen LogP contribution >= 0.6 is 15.9 Å². The number of hydrogen-bond donors (Lipinski definition) is 0. The van der Waals surface area contributed by atoms with E-state index in [1.165, 1.54) is 0 Å². The lowest BCUT2D eigenvalue weighted by molar-refractivity contribution is 0.319. The minimum atomic E-state index is -0.530. The second-order valence-electron chi connectivity index (χ2n) is 2.44. The molecule has 0 aromatic heterocycles. The predicted octanol–water partition coefficient (Wildman–Crippen LogP) is 3.26. The fourth-order valence-corrected chi connectivity index (χ4v) is 1.37. The molecule has 72 valence electrons. The lowest BCUT2D eigenvalue weighted by Crippen LogP contribution is -1.97. The Morgan fingerprint density at radius 2 is 2.00 bits per heavy atom. The van der Waals surface area contributed by atoms with Gasteiger partial charge < -0.3 is 4.74 Å². The molecule has 0 saturated heterocycles. The van der Waals surface area contributed by atoms with E-state index < -0.39 is 11.6 Å². The highest BCUT2D eigenvalue weighted by atomic mass is 79.9. The Kier molecular flexibility index (Phi) is 3.66. The molecule has 1 nitrogen and oxygen atoms in total. The summed E-state index contributed by atoms with van der Waals surface area (Å²) in [6.45, 7) is 2.04. The van der Waals surface area contributed by atoms with Crippen LogP contribution in [0.15, 0.2) is 12.1 Å². The van der Waals surface area contributed by atoms with Gasteiger partial charge in [-0.15, -0.1) is 0 Å². The Bertz CT molecular complexity index is 302. The Labute approximate surface area is 83.8 Å². The third kappa shape index (κ3) is 2.40. The van der Waals surface area contributed by atoms with Crippen LogP contribution in [-0.2, 0) is 5.33 Å². The maximum absolute atomic E-state index is 13.1. The first-order valence-corrected chi connectivity index (χ1v) is 4.97. The van der Waals surface area contributed by atoms with Crippen molar-refractivity contribution in [3.05, 3.63) is 29.3 Å². The van der Waals surface area contributed by atoms with Gasteiger partial charge in [-0.25, -0.2) is 8.78 Å². The van der Waals surface area contributed by atoms with Crippen LogP contribution in [0.1, 0.15) is 12.5 Å². The summed E-state index contributed by atoms with van der Waals surface area (Å²) in [4.78, 5) is 0. The van der Waals surface area contributed by atoms with Crippen LogP contribution in [0.5, 0.6) is 5.75 Å². The van der Waals surface area contributed by atoms with Gasteiger partial charge in [0.25, 0.3) is 0 Å². The molecular formula is C9H9BrF2O. The van der Waals surface area contributed by atoms with E-state index in [0.29, 0.717) is 17.5 Å². The summed E-state index contributed by atoms with van der Waals surface area (Å²) in [5.41, 5.74) is 0.293. The van der Waals surface area contributed by atoms with Crippen LogP contribution < -0.4 is 4.74 Å². The molecule has 0 spiro atoms. The van der Waals surface area contributed by atoms with Crippen LogP contribution in [-0.4, -0.2) is 6.61 Å². The molecule has 0 fully saturated rings. The van der Waals surface area contributed by atoms with Crippen LogP contribution in [0.3, 0.4) is 0 Å². The van der Waals surface area contributed by atoms with Gasteiger partial charge in [0, 0.05) is 17.0 Å². The minimum absolute atomic E-state index is 0.0373. The standard InChI is InChI=1S/C9H9BrF2O/c1-2-13-9-4-7(11)6(5-10)3-8(9)12/h3-4H,2,5H2,1H3. The van der Waals surface area contributed by atoms with E-state index in [2.05, 4.69) is 15.9 Å². The van der Waals surface area contributed by atoms with E-state index in [-0.39, 0.29) is 5.75 Å². The van der Waals surface area contributed by atoms with Crippen LogP contribution in [0.25, 0.3) is 0 Å². The minimum Gasteiger partial charge on any atom is -0.491 e. The molecular weight excluding hydrogens is 242 g/mol. The first kappa shape index (κ1) is 10.4. The monoisotopic (exact) mass is 250 g/mol. The Hall–Kier alpha value is -0.640. The lowest BCUT2D eigenvalue weighted by Gasteiger charge is -2.06. The second kappa shape index (κ2) is 4.56. The first-order chi connectivity index (χ1) is 6.19. The third-order valence-electron chi connectivity index (χ3n) is 1.54. The van der Waals surface area contributed by atoms with Gasteiger partial charge in [-0.05, 0) is 13.0 Å². The summed E-state index contributed by atoms with van der Waals surface area (Å²) in [6, 6.07) is 2.20. The van der Waals surface area contributed by atoms with Gasteiger partial charge in [0.15, 0.2) is 11.6 Å². The van der Waals surface area contributed by atoms with Crippen molar-refractivity contribution in [3.63, 3.8) is 0 Å². The molecule has 13 heavy (non-hydrogen) atoms. The molecule has 4 heteroatoms. The molecule has 1 aromatic rings. The molecule has 1 rings (SSSR count). The molecule has 0 saturated carbocycles. The van der Waals surface area contributed by atoms with Crippen molar-refractivity contribution >= 4 is 15.9 Å². The van der Waals surface area contributed by atoms with E-state index in [1.807, 2.05) is 0 Å². The average molecular weight is 251 g/mol. The zero-order valence-electron chi connectivity index (χ0n) is 7.11. The van der Waals surface area contributed by atoms with E-state index in [0.717, 1.165) is 12.1 Å². The fraction of sp³-hybridized carbons (Fsp3) is 0.333. The van der Waals surface area contributed by atoms with Crippen LogP contribution in [0.2, 0.25) is 0 Å². The molecule has 0 amide bonds. The van der Waals surface area contributed by atoms with Crippen molar-refractivity contribution in [2.75, 3.05) is 6.61 Å². The average Bonchev–Trinajstić information content (AvgIpc) is 2.11.